The van der Waals surface area contributed by atoms with E-state index in [0.717, 1.165) is 21.6 Å². The third kappa shape index (κ3) is 2.83. The van der Waals surface area contributed by atoms with Crippen molar-refractivity contribution in [1.82, 2.24) is 23.1 Å². The lowest BCUT2D eigenvalue weighted by atomic mass is 10.2. The highest BCUT2D eigenvalue weighted by molar-refractivity contribution is 5.81. The van der Waals surface area contributed by atoms with Crippen molar-refractivity contribution in [3.63, 3.8) is 0 Å². The van der Waals surface area contributed by atoms with Gasteiger partial charge in [-0.2, -0.15) is 4.98 Å². The molecule has 0 N–H and O–H groups in total. The number of rotatable bonds is 5. The second-order valence-electron chi connectivity index (χ2n) is 7.63. The van der Waals surface area contributed by atoms with Crippen LogP contribution in [0, 0.1) is 13.8 Å². The Bertz CT molecular complexity index is 1470. The quantitative estimate of drug-likeness (QED) is 0.491. The summed E-state index contributed by atoms with van der Waals surface area (Å²) in [5.74, 6) is 0.919. The van der Waals surface area contributed by atoms with E-state index in [4.69, 9.17) is 4.74 Å². The molecular formula is C22H25N5O4. The molecule has 0 unspecified atom stereocenters. The molecule has 0 saturated carbocycles. The van der Waals surface area contributed by atoms with E-state index < -0.39 is 17.3 Å². The van der Waals surface area contributed by atoms with Gasteiger partial charge in [0, 0.05) is 18.4 Å². The van der Waals surface area contributed by atoms with Crippen LogP contribution in [0.2, 0.25) is 0 Å². The number of hydrogen-bond acceptors (Lipinski definition) is 5. The maximum absolute atomic E-state index is 13.4. The largest absolute Gasteiger partial charge is 0.492 e. The van der Waals surface area contributed by atoms with Crippen LogP contribution in [0.1, 0.15) is 38.2 Å². The van der Waals surface area contributed by atoms with Crippen LogP contribution in [0.3, 0.4) is 0 Å². The summed E-state index contributed by atoms with van der Waals surface area (Å²) in [6, 6.07) is 6.73. The highest BCUT2D eigenvalue weighted by atomic mass is 16.5. The number of hydrogen-bond donors (Lipinski definition) is 0. The molecule has 0 aliphatic heterocycles. The topological polar surface area (TPSA) is 92.5 Å². The molecule has 0 aliphatic rings. The summed E-state index contributed by atoms with van der Waals surface area (Å²) in [5.41, 5.74) is 1.90. The van der Waals surface area contributed by atoms with E-state index in [-0.39, 0.29) is 16.9 Å². The number of fused-ring (bicyclic) bond motifs is 3. The first-order chi connectivity index (χ1) is 14.7. The molecule has 9 nitrogen and oxygen atoms in total. The van der Waals surface area contributed by atoms with Gasteiger partial charge in [0.2, 0.25) is 5.78 Å². The van der Waals surface area contributed by atoms with Gasteiger partial charge in [0.15, 0.2) is 16.9 Å². The fourth-order valence-corrected chi connectivity index (χ4v) is 3.95. The normalized spacial score (nSPS) is 12.6. The Morgan fingerprint density at radius 3 is 2.48 bits per heavy atom. The van der Waals surface area contributed by atoms with Crippen molar-refractivity contribution in [2.75, 3.05) is 6.61 Å². The van der Waals surface area contributed by atoms with Crippen LogP contribution in [0.5, 0.6) is 5.75 Å². The summed E-state index contributed by atoms with van der Waals surface area (Å²) < 4.78 is 11.8. The van der Waals surface area contributed by atoms with Gasteiger partial charge in [0.05, 0.1) is 18.3 Å². The van der Waals surface area contributed by atoms with Crippen molar-refractivity contribution in [3.05, 3.63) is 56.5 Å². The molecule has 3 aromatic heterocycles. The van der Waals surface area contributed by atoms with E-state index in [1.54, 1.807) is 18.4 Å². The van der Waals surface area contributed by atoms with Gasteiger partial charge in [-0.05, 0) is 46.8 Å². The molecule has 0 saturated heterocycles. The highest BCUT2D eigenvalue weighted by Gasteiger charge is 2.26. The molecule has 4 aromatic rings. The number of ether oxygens (including phenoxy) is 1. The molecule has 31 heavy (non-hydrogen) atoms. The van der Waals surface area contributed by atoms with E-state index >= 15 is 0 Å². The number of aromatic nitrogens is 5. The van der Waals surface area contributed by atoms with E-state index in [1.165, 1.54) is 11.5 Å². The summed E-state index contributed by atoms with van der Waals surface area (Å²) in [7, 11) is 1.56. The number of imidazole rings is 2. The molecular weight excluding hydrogens is 398 g/mol. The maximum Gasteiger partial charge on any atom is 0.333 e. The Hall–Kier alpha value is -3.62. The smallest absolute Gasteiger partial charge is 0.333 e. The van der Waals surface area contributed by atoms with Crippen molar-refractivity contribution < 1.29 is 9.53 Å². The van der Waals surface area contributed by atoms with E-state index in [2.05, 4.69) is 4.98 Å². The van der Waals surface area contributed by atoms with Crippen LogP contribution in [-0.2, 0) is 11.8 Å². The van der Waals surface area contributed by atoms with E-state index in [0.29, 0.717) is 18.1 Å². The highest BCUT2D eigenvalue weighted by Crippen LogP contribution is 2.30. The number of carbonyl (C=O) groups excluding carboxylic acids is 1. The van der Waals surface area contributed by atoms with Crippen LogP contribution in [0.25, 0.3) is 22.6 Å². The first-order valence-electron chi connectivity index (χ1n) is 10.1. The number of nitrogens with zero attached hydrogens (tertiary/aromatic N) is 5. The molecule has 0 fully saturated rings. The van der Waals surface area contributed by atoms with Gasteiger partial charge in [-0.3, -0.25) is 23.1 Å². The maximum atomic E-state index is 13.4. The average molecular weight is 423 g/mol. The third-order valence-electron chi connectivity index (χ3n) is 5.85. The predicted octanol–water partition coefficient (Wildman–Crippen LogP) is 2.30. The molecule has 3 heterocycles. The van der Waals surface area contributed by atoms with Crippen LogP contribution in [0.15, 0.2) is 33.9 Å². The second-order valence-corrected chi connectivity index (χ2v) is 7.63. The number of para-hydroxylation sites is 2. The fourth-order valence-electron chi connectivity index (χ4n) is 3.95. The Morgan fingerprint density at radius 1 is 1.16 bits per heavy atom. The first kappa shape index (κ1) is 20.6. The minimum absolute atomic E-state index is 0.262. The third-order valence-corrected chi connectivity index (χ3v) is 5.85. The molecule has 1 aromatic carbocycles. The summed E-state index contributed by atoms with van der Waals surface area (Å²) >= 11 is 0. The zero-order chi connectivity index (χ0) is 22.6. The summed E-state index contributed by atoms with van der Waals surface area (Å²) in [6.07, 6.45) is 0. The molecule has 0 amide bonds. The number of ketones is 1. The zero-order valence-corrected chi connectivity index (χ0v) is 18.5. The average Bonchev–Trinajstić information content (AvgIpc) is 3.23. The van der Waals surface area contributed by atoms with Gasteiger partial charge in [-0.15, -0.1) is 0 Å². The van der Waals surface area contributed by atoms with Gasteiger partial charge in [0.25, 0.3) is 5.56 Å². The van der Waals surface area contributed by atoms with Crippen LogP contribution >= 0.6 is 0 Å². The summed E-state index contributed by atoms with van der Waals surface area (Å²) in [4.78, 5) is 42.9. The fraction of sp³-hybridized carbons (Fsp3) is 0.364. The monoisotopic (exact) mass is 423 g/mol. The van der Waals surface area contributed by atoms with E-state index in [9.17, 15) is 14.4 Å². The van der Waals surface area contributed by atoms with Crippen molar-refractivity contribution in [2.24, 2.45) is 7.05 Å². The number of carbonyl (C=O) groups is 1. The van der Waals surface area contributed by atoms with Crippen molar-refractivity contribution in [2.45, 2.75) is 40.7 Å². The lowest BCUT2D eigenvalue weighted by molar-refractivity contribution is -0.119. The molecule has 0 aliphatic carbocycles. The van der Waals surface area contributed by atoms with E-state index in [1.807, 2.05) is 49.6 Å². The Morgan fingerprint density at radius 2 is 1.84 bits per heavy atom. The van der Waals surface area contributed by atoms with Crippen LogP contribution < -0.4 is 16.0 Å². The summed E-state index contributed by atoms with van der Waals surface area (Å²) in [6.45, 7) is 9.17. The lowest BCUT2D eigenvalue weighted by Crippen LogP contribution is -2.42. The SMILES string of the molecule is CCOc1ccccc1-n1c(C)c(C)n2c3c(=O)n([C@@H](C)C(C)=O)c(=O)n(C)c3nc12. The van der Waals surface area contributed by atoms with Gasteiger partial charge < -0.3 is 4.74 Å². The Labute approximate surface area is 178 Å². The molecule has 0 spiro atoms. The predicted molar refractivity (Wildman–Crippen MR) is 118 cm³/mol. The van der Waals surface area contributed by atoms with Crippen LogP contribution in [-0.4, -0.2) is 35.5 Å². The van der Waals surface area contributed by atoms with Gasteiger partial charge in [-0.1, -0.05) is 12.1 Å². The lowest BCUT2D eigenvalue weighted by Gasteiger charge is -2.13. The number of benzene rings is 1. The number of aryl methyl sites for hydroxylation is 2. The summed E-state index contributed by atoms with van der Waals surface area (Å²) in [5, 5.41) is 0. The number of Topliss-reactive ketones (excluding diaryl/α,β-unsaturated/α-hetero) is 1. The Kier molecular flexibility index (Phi) is 4.83. The minimum atomic E-state index is -0.872. The first-order valence-corrected chi connectivity index (χ1v) is 10.1. The van der Waals surface area contributed by atoms with Crippen LogP contribution in [0.4, 0.5) is 0 Å². The van der Waals surface area contributed by atoms with Gasteiger partial charge in [0.1, 0.15) is 5.75 Å². The Balaban J connectivity index is 2.18. The molecule has 0 bridgehead atoms. The standard InChI is InChI=1S/C22H25N5O4/c1-7-31-17-11-9-8-10-16(17)25-12(2)13(3)26-18-19(23-21(25)26)24(6)22(30)27(20(18)29)14(4)15(5)28/h8-11,14H,7H2,1-6H3/t14-/m0/s1. The molecule has 9 heteroatoms. The second kappa shape index (κ2) is 7.26. The molecule has 0 radical (unpaired) electrons. The molecule has 162 valence electrons. The van der Waals surface area contributed by atoms with Crippen molar-refractivity contribution in [1.29, 1.82) is 0 Å². The molecule has 4 rings (SSSR count). The van der Waals surface area contributed by atoms with Gasteiger partial charge in [-0.25, -0.2) is 9.36 Å². The molecule has 1 atom stereocenters. The van der Waals surface area contributed by atoms with Crippen molar-refractivity contribution in [3.8, 4) is 11.4 Å². The minimum Gasteiger partial charge on any atom is -0.492 e. The van der Waals surface area contributed by atoms with Crippen molar-refractivity contribution >= 4 is 22.7 Å². The van der Waals surface area contributed by atoms with Gasteiger partial charge >= 0.3 is 5.69 Å². The zero-order valence-electron chi connectivity index (χ0n) is 18.5.